The average molecular weight is 353 g/mol. The predicted octanol–water partition coefficient (Wildman–Crippen LogP) is 2.38. The molecule has 1 aliphatic rings. The highest BCUT2D eigenvalue weighted by molar-refractivity contribution is 8.26. The predicted molar refractivity (Wildman–Crippen MR) is 91.7 cm³/mol. The Bertz CT molecular complexity index is 701. The fourth-order valence-corrected chi connectivity index (χ4v) is 3.43. The lowest BCUT2D eigenvalue weighted by molar-refractivity contribution is -0.144. The molecule has 0 aliphatic carbocycles. The molecule has 1 fully saturated rings. The molecule has 6 nitrogen and oxygen atoms in total. The Morgan fingerprint density at radius 3 is 2.65 bits per heavy atom. The van der Waals surface area contributed by atoms with Crippen LogP contribution in [0, 0.1) is 0 Å². The molecule has 23 heavy (non-hydrogen) atoms. The number of methoxy groups -OCH3 is 2. The summed E-state index contributed by atoms with van der Waals surface area (Å²) < 4.78 is 10.7. The number of carbonyl (C=O) groups is 2. The molecular weight excluding hydrogens is 338 g/mol. The SMILES string of the molecule is COc1ccc(OC)c(C=C2SC(=S)N([C@H](C)C(=O)O)C2=O)c1. The number of nitrogens with zero attached hydrogens (tertiary/aromatic N) is 1. The molecular formula is C15H15NO5S2. The van der Waals surface area contributed by atoms with Crippen LogP contribution in [-0.2, 0) is 9.59 Å². The van der Waals surface area contributed by atoms with Crippen LogP contribution >= 0.6 is 24.0 Å². The molecule has 1 aromatic rings. The van der Waals surface area contributed by atoms with Gasteiger partial charge in [0.2, 0.25) is 0 Å². The number of thioether (sulfide) groups is 1. The van der Waals surface area contributed by atoms with E-state index in [9.17, 15) is 9.59 Å². The summed E-state index contributed by atoms with van der Waals surface area (Å²) in [6, 6.07) is 4.19. The molecule has 1 saturated heterocycles. The molecule has 2 rings (SSSR count). The summed E-state index contributed by atoms with van der Waals surface area (Å²) in [5.74, 6) is -0.352. The third-order valence-electron chi connectivity index (χ3n) is 3.29. The molecule has 1 N–H and O–H groups in total. The number of carboxylic acids is 1. The molecule has 8 heteroatoms. The average Bonchev–Trinajstić information content (AvgIpc) is 2.80. The normalized spacial score (nSPS) is 17.5. The van der Waals surface area contributed by atoms with E-state index in [1.54, 1.807) is 31.4 Å². The second-order valence-corrected chi connectivity index (χ2v) is 6.35. The smallest absolute Gasteiger partial charge is 0.326 e. The highest BCUT2D eigenvalue weighted by Crippen LogP contribution is 2.36. The van der Waals surface area contributed by atoms with Gasteiger partial charge in [0.15, 0.2) is 0 Å². The Labute approximate surface area is 143 Å². The number of thiocarbonyl (C=S) groups is 1. The van der Waals surface area contributed by atoms with Crippen LogP contribution in [0.2, 0.25) is 0 Å². The standard InChI is InChI=1S/C15H15NO5S2/c1-8(14(18)19)16-13(17)12(23-15(16)22)7-9-6-10(20-2)4-5-11(9)21-3/h4-8H,1-3H3,(H,18,19)/t8-/m1/s1. The van der Waals surface area contributed by atoms with Crippen LogP contribution in [0.25, 0.3) is 6.08 Å². The number of hydrogen-bond donors (Lipinski definition) is 1. The van der Waals surface area contributed by atoms with Gasteiger partial charge in [0.05, 0.1) is 19.1 Å². The Kier molecular flexibility index (Phi) is 5.27. The van der Waals surface area contributed by atoms with Crippen molar-refractivity contribution >= 4 is 46.3 Å². The van der Waals surface area contributed by atoms with Gasteiger partial charge in [-0.05, 0) is 31.2 Å². The van der Waals surface area contributed by atoms with Gasteiger partial charge in [-0.2, -0.15) is 0 Å². The largest absolute Gasteiger partial charge is 0.497 e. The second kappa shape index (κ2) is 7.01. The molecule has 1 heterocycles. The molecule has 1 aliphatic heterocycles. The number of rotatable bonds is 5. The van der Waals surface area contributed by atoms with Gasteiger partial charge in [-0.25, -0.2) is 4.79 Å². The third kappa shape index (κ3) is 3.48. The van der Waals surface area contributed by atoms with Crippen molar-refractivity contribution in [1.29, 1.82) is 0 Å². The topological polar surface area (TPSA) is 76.1 Å². The lowest BCUT2D eigenvalue weighted by Gasteiger charge is -2.18. The van der Waals surface area contributed by atoms with E-state index >= 15 is 0 Å². The summed E-state index contributed by atoms with van der Waals surface area (Å²) in [6.07, 6.45) is 1.62. The molecule has 1 amide bonds. The minimum Gasteiger partial charge on any atom is -0.497 e. The van der Waals surface area contributed by atoms with E-state index in [0.717, 1.165) is 16.7 Å². The van der Waals surface area contributed by atoms with E-state index < -0.39 is 17.9 Å². The lowest BCUT2D eigenvalue weighted by Crippen LogP contribution is -2.41. The molecule has 1 atom stereocenters. The Morgan fingerprint density at radius 2 is 2.09 bits per heavy atom. The quantitative estimate of drug-likeness (QED) is 0.643. The van der Waals surface area contributed by atoms with E-state index in [4.69, 9.17) is 26.8 Å². The first-order valence-corrected chi connectivity index (χ1v) is 7.83. The molecule has 0 aromatic heterocycles. The third-order valence-corrected chi connectivity index (χ3v) is 4.62. The summed E-state index contributed by atoms with van der Waals surface area (Å²) in [7, 11) is 3.07. The van der Waals surface area contributed by atoms with Crippen LogP contribution < -0.4 is 9.47 Å². The van der Waals surface area contributed by atoms with E-state index in [-0.39, 0.29) is 4.32 Å². The molecule has 122 valence electrons. The van der Waals surface area contributed by atoms with Crippen molar-refractivity contribution < 1.29 is 24.2 Å². The zero-order valence-corrected chi connectivity index (χ0v) is 14.4. The zero-order chi connectivity index (χ0) is 17.1. The summed E-state index contributed by atoms with van der Waals surface area (Å²) >= 11 is 6.19. The van der Waals surface area contributed by atoms with Gasteiger partial charge < -0.3 is 14.6 Å². The van der Waals surface area contributed by atoms with Crippen LogP contribution in [0.1, 0.15) is 12.5 Å². The zero-order valence-electron chi connectivity index (χ0n) is 12.7. The molecule has 0 bridgehead atoms. The maximum absolute atomic E-state index is 12.4. The summed E-state index contributed by atoms with van der Waals surface area (Å²) in [4.78, 5) is 25.0. The van der Waals surface area contributed by atoms with E-state index in [1.165, 1.54) is 14.0 Å². The van der Waals surface area contributed by atoms with Crippen molar-refractivity contribution in [1.82, 2.24) is 4.90 Å². The Hall–Kier alpha value is -2.06. The Morgan fingerprint density at radius 1 is 1.39 bits per heavy atom. The minimum atomic E-state index is -1.11. The number of benzene rings is 1. The number of ether oxygens (including phenoxy) is 2. The minimum absolute atomic E-state index is 0.220. The van der Waals surface area contributed by atoms with Gasteiger partial charge in [-0.3, -0.25) is 9.69 Å². The summed E-state index contributed by atoms with van der Waals surface area (Å²) in [6.45, 7) is 1.42. The van der Waals surface area contributed by atoms with Crippen molar-refractivity contribution in [2.24, 2.45) is 0 Å². The highest BCUT2D eigenvalue weighted by atomic mass is 32.2. The molecule has 0 saturated carbocycles. The van der Waals surface area contributed by atoms with Crippen LogP contribution in [-0.4, -0.2) is 46.5 Å². The molecule has 0 spiro atoms. The maximum atomic E-state index is 12.4. The second-order valence-electron chi connectivity index (χ2n) is 4.67. The van der Waals surface area contributed by atoms with E-state index in [1.807, 2.05) is 0 Å². The van der Waals surface area contributed by atoms with Crippen LogP contribution in [0.3, 0.4) is 0 Å². The first kappa shape index (κ1) is 17.3. The van der Waals surface area contributed by atoms with Gasteiger partial charge in [0, 0.05) is 5.56 Å². The highest BCUT2D eigenvalue weighted by Gasteiger charge is 2.38. The summed E-state index contributed by atoms with van der Waals surface area (Å²) in [5.41, 5.74) is 0.648. The van der Waals surface area contributed by atoms with Crippen molar-refractivity contribution in [3.8, 4) is 11.5 Å². The van der Waals surface area contributed by atoms with Crippen LogP contribution in [0.15, 0.2) is 23.1 Å². The van der Waals surface area contributed by atoms with Gasteiger partial charge in [-0.1, -0.05) is 24.0 Å². The number of carboxylic acid groups (broad SMARTS) is 1. The first-order valence-electron chi connectivity index (χ1n) is 6.61. The molecule has 0 unspecified atom stereocenters. The summed E-state index contributed by atoms with van der Waals surface area (Å²) in [5, 5.41) is 9.09. The number of amides is 1. The van der Waals surface area contributed by atoms with Crippen molar-refractivity contribution in [2.75, 3.05) is 14.2 Å². The van der Waals surface area contributed by atoms with Gasteiger partial charge in [0.25, 0.3) is 5.91 Å². The van der Waals surface area contributed by atoms with Crippen LogP contribution in [0.5, 0.6) is 11.5 Å². The van der Waals surface area contributed by atoms with Crippen molar-refractivity contribution in [2.45, 2.75) is 13.0 Å². The fourth-order valence-electron chi connectivity index (χ4n) is 2.02. The van der Waals surface area contributed by atoms with Crippen molar-refractivity contribution in [3.05, 3.63) is 28.7 Å². The molecule has 1 aromatic carbocycles. The first-order chi connectivity index (χ1) is 10.9. The lowest BCUT2D eigenvalue weighted by atomic mass is 10.1. The van der Waals surface area contributed by atoms with Crippen molar-refractivity contribution in [3.63, 3.8) is 0 Å². The monoisotopic (exact) mass is 353 g/mol. The van der Waals surface area contributed by atoms with Gasteiger partial charge >= 0.3 is 5.97 Å². The number of hydrogen-bond acceptors (Lipinski definition) is 6. The number of carbonyl (C=O) groups excluding carboxylic acids is 1. The maximum Gasteiger partial charge on any atom is 0.326 e. The fraction of sp³-hybridized carbons (Fsp3) is 0.267. The van der Waals surface area contributed by atoms with E-state index in [0.29, 0.717) is 22.0 Å². The van der Waals surface area contributed by atoms with Gasteiger partial charge in [0.1, 0.15) is 21.9 Å². The van der Waals surface area contributed by atoms with Gasteiger partial charge in [-0.15, -0.1) is 0 Å². The molecule has 0 radical (unpaired) electrons. The number of aliphatic carboxylic acids is 1. The van der Waals surface area contributed by atoms with E-state index in [2.05, 4.69) is 0 Å². The Balaban J connectivity index is 2.39. The van der Waals surface area contributed by atoms with Crippen LogP contribution in [0.4, 0.5) is 0 Å².